The molecule has 0 amide bonds. The Balaban J connectivity index is 1.78. The normalized spacial score (nSPS) is 27.1. The SMILES string of the molecule is CC1CC(N2CCc3c(cccc3C(=O)O)C2)CCO1. The molecule has 20 heavy (non-hydrogen) atoms. The van der Waals surface area contributed by atoms with Crippen LogP contribution in [0.4, 0.5) is 0 Å². The van der Waals surface area contributed by atoms with E-state index in [1.165, 1.54) is 5.56 Å². The van der Waals surface area contributed by atoms with E-state index in [-0.39, 0.29) is 0 Å². The van der Waals surface area contributed by atoms with Gasteiger partial charge in [0, 0.05) is 25.7 Å². The molecule has 2 unspecified atom stereocenters. The maximum atomic E-state index is 11.3. The minimum absolute atomic E-state index is 0.334. The minimum Gasteiger partial charge on any atom is -0.478 e. The summed E-state index contributed by atoms with van der Waals surface area (Å²) in [6.07, 6.45) is 3.33. The summed E-state index contributed by atoms with van der Waals surface area (Å²) >= 11 is 0. The third-order valence-electron chi connectivity index (χ3n) is 4.50. The van der Waals surface area contributed by atoms with Crippen molar-refractivity contribution in [2.75, 3.05) is 13.2 Å². The van der Waals surface area contributed by atoms with Crippen LogP contribution >= 0.6 is 0 Å². The third kappa shape index (κ3) is 2.58. The van der Waals surface area contributed by atoms with E-state index >= 15 is 0 Å². The highest BCUT2D eigenvalue weighted by atomic mass is 16.5. The molecule has 1 saturated heterocycles. The Hall–Kier alpha value is -1.39. The molecule has 4 heteroatoms. The average Bonchev–Trinajstić information content (AvgIpc) is 2.46. The van der Waals surface area contributed by atoms with Gasteiger partial charge in [-0.25, -0.2) is 4.79 Å². The smallest absolute Gasteiger partial charge is 0.335 e. The lowest BCUT2D eigenvalue weighted by Gasteiger charge is -2.39. The summed E-state index contributed by atoms with van der Waals surface area (Å²) in [7, 11) is 0. The molecule has 2 atom stereocenters. The van der Waals surface area contributed by atoms with Gasteiger partial charge in [0.05, 0.1) is 11.7 Å². The first kappa shape index (κ1) is 13.6. The first-order valence-corrected chi connectivity index (χ1v) is 7.35. The number of fused-ring (bicyclic) bond motifs is 1. The van der Waals surface area contributed by atoms with Gasteiger partial charge in [-0.05, 0) is 43.4 Å². The van der Waals surface area contributed by atoms with E-state index in [0.29, 0.717) is 17.7 Å². The Morgan fingerprint density at radius 3 is 3.05 bits per heavy atom. The summed E-state index contributed by atoms with van der Waals surface area (Å²) < 4.78 is 5.61. The second kappa shape index (κ2) is 5.54. The summed E-state index contributed by atoms with van der Waals surface area (Å²) in [5.41, 5.74) is 2.68. The van der Waals surface area contributed by atoms with Crippen molar-refractivity contribution < 1.29 is 14.6 Å². The molecule has 0 aromatic heterocycles. The molecule has 0 aliphatic carbocycles. The highest BCUT2D eigenvalue weighted by molar-refractivity contribution is 5.89. The zero-order valence-electron chi connectivity index (χ0n) is 11.8. The van der Waals surface area contributed by atoms with Crippen molar-refractivity contribution in [3.63, 3.8) is 0 Å². The summed E-state index contributed by atoms with van der Waals surface area (Å²) in [5, 5.41) is 9.26. The molecule has 0 radical (unpaired) electrons. The van der Waals surface area contributed by atoms with Crippen molar-refractivity contribution in [2.45, 2.75) is 44.9 Å². The van der Waals surface area contributed by atoms with Gasteiger partial charge in [-0.15, -0.1) is 0 Å². The molecule has 2 heterocycles. The largest absolute Gasteiger partial charge is 0.478 e. The lowest BCUT2D eigenvalue weighted by molar-refractivity contribution is -0.0206. The van der Waals surface area contributed by atoms with Crippen LogP contribution in [-0.4, -0.2) is 41.3 Å². The Morgan fingerprint density at radius 2 is 2.30 bits per heavy atom. The second-order valence-corrected chi connectivity index (χ2v) is 5.83. The molecule has 0 bridgehead atoms. The van der Waals surface area contributed by atoms with Crippen LogP contribution in [0.1, 0.15) is 41.3 Å². The van der Waals surface area contributed by atoms with Gasteiger partial charge in [0.2, 0.25) is 0 Å². The molecule has 0 spiro atoms. The lowest BCUT2D eigenvalue weighted by Crippen LogP contribution is -2.44. The first-order chi connectivity index (χ1) is 9.65. The van der Waals surface area contributed by atoms with E-state index in [1.54, 1.807) is 6.07 Å². The number of carboxylic acid groups (broad SMARTS) is 1. The van der Waals surface area contributed by atoms with Gasteiger partial charge in [-0.3, -0.25) is 4.90 Å². The number of benzene rings is 1. The topological polar surface area (TPSA) is 49.8 Å². The zero-order chi connectivity index (χ0) is 14.1. The van der Waals surface area contributed by atoms with E-state index in [4.69, 9.17) is 4.74 Å². The van der Waals surface area contributed by atoms with Crippen LogP contribution < -0.4 is 0 Å². The molecule has 1 N–H and O–H groups in total. The Bertz CT molecular complexity index is 514. The molecule has 2 aliphatic rings. The van der Waals surface area contributed by atoms with Crippen LogP contribution in [0, 0.1) is 0 Å². The number of hydrogen-bond acceptors (Lipinski definition) is 3. The van der Waals surface area contributed by atoms with Gasteiger partial charge >= 0.3 is 5.97 Å². The fourth-order valence-electron chi connectivity index (χ4n) is 3.45. The molecule has 0 saturated carbocycles. The fraction of sp³-hybridized carbons (Fsp3) is 0.562. The van der Waals surface area contributed by atoms with Crippen molar-refractivity contribution in [3.8, 4) is 0 Å². The molecule has 2 aliphatic heterocycles. The van der Waals surface area contributed by atoms with Gasteiger partial charge in [-0.2, -0.15) is 0 Å². The van der Waals surface area contributed by atoms with Crippen molar-refractivity contribution in [3.05, 3.63) is 34.9 Å². The van der Waals surface area contributed by atoms with E-state index < -0.39 is 5.97 Å². The zero-order valence-corrected chi connectivity index (χ0v) is 11.8. The van der Waals surface area contributed by atoms with Crippen LogP contribution in [-0.2, 0) is 17.7 Å². The standard InChI is InChI=1S/C16H21NO3/c1-11-9-13(6-8-20-11)17-7-5-14-12(10-17)3-2-4-15(14)16(18)19/h2-4,11,13H,5-10H2,1H3,(H,18,19). The second-order valence-electron chi connectivity index (χ2n) is 5.83. The summed E-state index contributed by atoms with van der Waals surface area (Å²) in [5.74, 6) is -0.810. The number of nitrogens with zero attached hydrogens (tertiary/aromatic N) is 1. The van der Waals surface area contributed by atoms with E-state index in [2.05, 4.69) is 17.9 Å². The van der Waals surface area contributed by atoms with Crippen LogP contribution in [0.2, 0.25) is 0 Å². The van der Waals surface area contributed by atoms with Crippen LogP contribution in [0.3, 0.4) is 0 Å². The molecule has 1 aromatic rings. The average molecular weight is 275 g/mol. The van der Waals surface area contributed by atoms with Gasteiger partial charge < -0.3 is 9.84 Å². The lowest BCUT2D eigenvalue weighted by atomic mass is 9.92. The van der Waals surface area contributed by atoms with Gasteiger partial charge in [0.25, 0.3) is 0 Å². The van der Waals surface area contributed by atoms with Crippen LogP contribution in [0.5, 0.6) is 0 Å². The Kier molecular flexibility index (Phi) is 3.76. The Labute approximate surface area is 119 Å². The number of ether oxygens (including phenoxy) is 1. The number of carboxylic acids is 1. The molecular weight excluding hydrogens is 254 g/mol. The van der Waals surface area contributed by atoms with Crippen molar-refractivity contribution in [1.82, 2.24) is 4.90 Å². The highest BCUT2D eigenvalue weighted by Crippen LogP contribution is 2.27. The fourth-order valence-corrected chi connectivity index (χ4v) is 3.45. The molecular formula is C16H21NO3. The number of carbonyl (C=O) groups is 1. The van der Waals surface area contributed by atoms with Gasteiger partial charge in [0.1, 0.15) is 0 Å². The van der Waals surface area contributed by atoms with Crippen molar-refractivity contribution >= 4 is 5.97 Å². The van der Waals surface area contributed by atoms with Crippen molar-refractivity contribution in [1.29, 1.82) is 0 Å². The summed E-state index contributed by atoms with van der Waals surface area (Å²) in [6, 6.07) is 6.21. The predicted molar refractivity (Wildman–Crippen MR) is 76.0 cm³/mol. The predicted octanol–water partition coefficient (Wildman–Crippen LogP) is 2.31. The van der Waals surface area contributed by atoms with E-state index in [0.717, 1.165) is 44.5 Å². The molecule has 1 fully saturated rings. The number of rotatable bonds is 2. The minimum atomic E-state index is -0.810. The summed E-state index contributed by atoms with van der Waals surface area (Å²) in [4.78, 5) is 13.8. The molecule has 4 nitrogen and oxygen atoms in total. The Morgan fingerprint density at radius 1 is 1.45 bits per heavy atom. The molecule has 1 aromatic carbocycles. The van der Waals surface area contributed by atoms with E-state index in [1.807, 2.05) is 6.07 Å². The molecule has 3 rings (SSSR count). The number of aromatic carboxylic acids is 1. The highest BCUT2D eigenvalue weighted by Gasteiger charge is 2.29. The van der Waals surface area contributed by atoms with Crippen molar-refractivity contribution in [2.24, 2.45) is 0 Å². The van der Waals surface area contributed by atoms with Gasteiger partial charge in [0.15, 0.2) is 0 Å². The van der Waals surface area contributed by atoms with E-state index in [9.17, 15) is 9.90 Å². The number of hydrogen-bond donors (Lipinski definition) is 1. The van der Waals surface area contributed by atoms with Crippen LogP contribution in [0.25, 0.3) is 0 Å². The monoisotopic (exact) mass is 275 g/mol. The van der Waals surface area contributed by atoms with Crippen LogP contribution in [0.15, 0.2) is 18.2 Å². The maximum absolute atomic E-state index is 11.3. The summed E-state index contributed by atoms with van der Waals surface area (Å²) in [6.45, 7) is 4.79. The quantitative estimate of drug-likeness (QED) is 0.900. The van der Waals surface area contributed by atoms with Gasteiger partial charge in [-0.1, -0.05) is 12.1 Å². The first-order valence-electron chi connectivity index (χ1n) is 7.35. The third-order valence-corrected chi connectivity index (χ3v) is 4.50. The molecule has 108 valence electrons. The maximum Gasteiger partial charge on any atom is 0.335 e.